The predicted molar refractivity (Wildman–Crippen MR) is 119 cm³/mol. The van der Waals surface area contributed by atoms with Gasteiger partial charge in [-0.1, -0.05) is 42.5 Å². The van der Waals surface area contributed by atoms with Crippen molar-refractivity contribution in [3.63, 3.8) is 0 Å². The number of hydrogen-bond donors (Lipinski definition) is 2. The largest absolute Gasteiger partial charge is 0.441 e. The zero-order chi connectivity index (χ0) is 21.6. The van der Waals surface area contributed by atoms with Gasteiger partial charge in [-0.05, 0) is 55.6 Å². The van der Waals surface area contributed by atoms with E-state index in [1.165, 1.54) is 18.1 Å². The van der Waals surface area contributed by atoms with Crippen molar-refractivity contribution >= 4 is 12.0 Å². The summed E-state index contributed by atoms with van der Waals surface area (Å²) in [6.45, 7) is 4.00. The third-order valence-corrected chi connectivity index (χ3v) is 5.77. The fourth-order valence-corrected chi connectivity index (χ4v) is 4.12. The Bertz CT molecular complexity index is 1040. The van der Waals surface area contributed by atoms with E-state index < -0.39 is 5.91 Å². The van der Waals surface area contributed by atoms with Gasteiger partial charge in [-0.15, -0.1) is 0 Å². The number of hydroxylamine groups is 1. The van der Waals surface area contributed by atoms with E-state index in [0.29, 0.717) is 11.9 Å². The van der Waals surface area contributed by atoms with Crippen LogP contribution < -0.4 is 5.48 Å². The Morgan fingerprint density at radius 2 is 2.00 bits per heavy atom. The number of rotatable bonds is 7. The summed E-state index contributed by atoms with van der Waals surface area (Å²) in [7, 11) is 0. The first-order valence-corrected chi connectivity index (χ1v) is 10.6. The molecule has 6 nitrogen and oxygen atoms in total. The van der Waals surface area contributed by atoms with Crippen LogP contribution in [0.25, 0.3) is 17.5 Å². The normalized spacial score (nSPS) is 16.8. The van der Waals surface area contributed by atoms with Gasteiger partial charge in [-0.3, -0.25) is 14.9 Å². The molecule has 0 saturated carbocycles. The second kappa shape index (κ2) is 9.73. The van der Waals surface area contributed by atoms with Crippen LogP contribution in [0.3, 0.4) is 0 Å². The van der Waals surface area contributed by atoms with E-state index in [4.69, 9.17) is 14.6 Å². The number of oxazole rings is 1. The summed E-state index contributed by atoms with van der Waals surface area (Å²) in [5.74, 6) is 1.03. The highest BCUT2D eigenvalue weighted by atomic mass is 16.5. The number of carbonyl (C=O) groups excluding carboxylic acids is 1. The Labute approximate surface area is 182 Å². The van der Waals surface area contributed by atoms with Crippen molar-refractivity contribution in [2.75, 3.05) is 13.1 Å². The van der Waals surface area contributed by atoms with E-state index in [0.717, 1.165) is 48.5 Å². The van der Waals surface area contributed by atoms with Gasteiger partial charge >= 0.3 is 0 Å². The summed E-state index contributed by atoms with van der Waals surface area (Å²) in [5.41, 5.74) is 5.82. The first-order valence-electron chi connectivity index (χ1n) is 10.6. The number of nitrogens with one attached hydrogen (secondary N) is 1. The number of aromatic nitrogens is 1. The second-order valence-corrected chi connectivity index (χ2v) is 7.81. The van der Waals surface area contributed by atoms with Gasteiger partial charge in [0.1, 0.15) is 5.76 Å². The van der Waals surface area contributed by atoms with Gasteiger partial charge in [-0.25, -0.2) is 10.5 Å². The van der Waals surface area contributed by atoms with Gasteiger partial charge in [0, 0.05) is 30.6 Å². The fraction of sp³-hybridized carbons (Fsp3) is 0.280. The van der Waals surface area contributed by atoms with Gasteiger partial charge in [-0.2, -0.15) is 0 Å². The van der Waals surface area contributed by atoms with Gasteiger partial charge in [0.2, 0.25) is 5.89 Å². The number of likely N-dealkylation sites (tertiary alicyclic amines) is 1. The van der Waals surface area contributed by atoms with Crippen molar-refractivity contribution in [2.24, 2.45) is 0 Å². The van der Waals surface area contributed by atoms with Crippen LogP contribution in [0.15, 0.2) is 65.1 Å². The van der Waals surface area contributed by atoms with Crippen LogP contribution in [-0.2, 0) is 11.2 Å². The Balaban J connectivity index is 1.40. The number of hydrogen-bond acceptors (Lipinski definition) is 5. The van der Waals surface area contributed by atoms with Crippen LogP contribution in [-0.4, -0.2) is 34.1 Å². The van der Waals surface area contributed by atoms with Crippen molar-refractivity contribution < 1.29 is 14.4 Å². The topological polar surface area (TPSA) is 78.6 Å². The number of carbonyl (C=O) groups is 1. The summed E-state index contributed by atoms with van der Waals surface area (Å²) in [4.78, 5) is 18.4. The molecule has 1 aromatic heterocycles. The molecule has 6 heteroatoms. The molecule has 1 unspecified atom stereocenters. The number of benzene rings is 2. The third-order valence-electron chi connectivity index (χ3n) is 5.77. The molecule has 1 saturated heterocycles. The van der Waals surface area contributed by atoms with Gasteiger partial charge < -0.3 is 4.42 Å². The Kier molecular flexibility index (Phi) is 6.60. The SMILES string of the molecule is Cc1oc(-c2ccccc2)nc1CCN1CCCC1c1ccc(/C=C/C(=O)NO)cc1. The third kappa shape index (κ3) is 5.10. The van der Waals surface area contributed by atoms with Crippen LogP contribution in [0.2, 0.25) is 0 Å². The van der Waals surface area contributed by atoms with Gasteiger partial charge in [0.15, 0.2) is 0 Å². The average molecular weight is 418 g/mol. The molecule has 2 heterocycles. The van der Waals surface area contributed by atoms with Gasteiger partial charge in [0.05, 0.1) is 5.69 Å². The lowest BCUT2D eigenvalue weighted by molar-refractivity contribution is -0.124. The van der Waals surface area contributed by atoms with E-state index in [2.05, 4.69) is 17.0 Å². The number of nitrogens with zero attached hydrogens (tertiary/aromatic N) is 2. The monoisotopic (exact) mass is 417 g/mol. The summed E-state index contributed by atoms with van der Waals surface area (Å²) in [6, 6.07) is 18.6. The molecule has 1 fully saturated rings. The lowest BCUT2D eigenvalue weighted by Crippen LogP contribution is -2.26. The zero-order valence-corrected chi connectivity index (χ0v) is 17.6. The van der Waals surface area contributed by atoms with Crippen LogP contribution in [0.4, 0.5) is 0 Å². The molecule has 2 N–H and O–H groups in total. The van der Waals surface area contributed by atoms with Gasteiger partial charge in [0.25, 0.3) is 5.91 Å². The standard InChI is InChI=1S/C25H27N3O3/c1-18-22(26-25(31-18)21-6-3-2-4-7-21)15-17-28-16-5-8-23(28)20-12-9-19(10-13-20)11-14-24(29)27-30/h2-4,6-7,9-14,23,30H,5,8,15-17H2,1H3,(H,27,29)/b14-11+. The molecule has 3 aromatic rings. The van der Waals surface area contributed by atoms with Crippen molar-refractivity contribution in [1.29, 1.82) is 0 Å². The quantitative estimate of drug-likeness (QED) is 0.335. The second-order valence-electron chi connectivity index (χ2n) is 7.81. The first-order chi connectivity index (χ1) is 15.1. The maximum atomic E-state index is 11.1. The highest BCUT2D eigenvalue weighted by Crippen LogP contribution is 2.32. The molecule has 31 heavy (non-hydrogen) atoms. The van der Waals surface area contributed by atoms with Crippen LogP contribution in [0.5, 0.6) is 0 Å². The molecule has 4 rings (SSSR count). The average Bonchev–Trinajstić information content (AvgIpc) is 3.43. The minimum atomic E-state index is -0.537. The van der Waals surface area contributed by atoms with Crippen LogP contribution in [0, 0.1) is 6.92 Å². The lowest BCUT2D eigenvalue weighted by Gasteiger charge is -2.24. The van der Waals surface area contributed by atoms with Crippen LogP contribution >= 0.6 is 0 Å². The zero-order valence-electron chi connectivity index (χ0n) is 17.6. The first kappa shape index (κ1) is 21.0. The smallest absolute Gasteiger partial charge is 0.267 e. The Morgan fingerprint density at radius 1 is 1.23 bits per heavy atom. The molecule has 0 aliphatic carbocycles. The maximum Gasteiger partial charge on any atom is 0.267 e. The molecular weight excluding hydrogens is 390 g/mol. The van der Waals surface area contributed by atoms with Crippen molar-refractivity contribution in [3.05, 3.63) is 83.3 Å². The predicted octanol–water partition coefficient (Wildman–Crippen LogP) is 4.55. The summed E-state index contributed by atoms with van der Waals surface area (Å²) in [5, 5.41) is 8.57. The number of aryl methyl sites for hydroxylation is 1. The molecule has 1 aliphatic heterocycles. The Morgan fingerprint density at radius 3 is 2.74 bits per heavy atom. The molecule has 160 valence electrons. The van der Waals surface area contributed by atoms with Crippen LogP contribution in [0.1, 0.15) is 41.5 Å². The summed E-state index contributed by atoms with van der Waals surface area (Å²) >= 11 is 0. The Hall–Kier alpha value is -3.22. The molecular formula is C25H27N3O3. The molecule has 1 aliphatic rings. The fourth-order valence-electron chi connectivity index (χ4n) is 4.12. The van der Waals surface area contributed by atoms with E-state index in [1.54, 1.807) is 11.6 Å². The molecule has 2 aromatic carbocycles. The van der Waals surface area contributed by atoms with E-state index >= 15 is 0 Å². The number of amides is 1. The summed E-state index contributed by atoms with van der Waals surface area (Å²) < 4.78 is 5.91. The maximum absolute atomic E-state index is 11.1. The van der Waals surface area contributed by atoms with E-state index in [9.17, 15) is 4.79 Å². The molecule has 1 atom stereocenters. The molecule has 0 spiro atoms. The highest BCUT2D eigenvalue weighted by Gasteiger charge is 2.26. The minimum absolute atomic E-state index is 0.388. The molecule has 0 bridgehead atoms. The van der Waals surface area contributed by atoms with Crippen molar-refractivity contribution in [3.8, 4) is 11.5 Å². The van der Waals surface area contributed by atoms with Crippen molar-refractivity contribution in [1.82, 2.24) is 15.4 Å². The summed E-state index contributed by atoms with van der Waals surface area (Å²) in [6.07, 6.45) is 6.15. The minimum Gasteiger partial charge on any atom is -0.441 e. The highest BCUT2D eigenvalue weighted by molar-refractivity contribution is 5.90. The van der Waals surface area contributed by atoms with E-state index in [1.807, 2.05) is 49.4 Å². The molecule has 0 radical (unpaired) electrons. The molecule has 1 amide bonds. The van der Waals surface area contributed by atoms with E-state index in [-0.39, 0.29) is 0 Å². The lowest BCUT2D eigenvalue weighted by atomic mass is 10.0. The van der Waals surface area contributed by atoms with Crippen molar-refractivity contribution in [2.45, 2.75) is 32.2 Å².